The first-order valence-corrected chi connectivity index (χ1v) is 10.8. The highest BCUT2D eigenvalue weighted by Crippen LogP contribution is 2.47. The number of nitriles is 2. The molecule has 2 fully saturated rings. The fourth-order valence-electron chi connectivity index (χ4n) is 3.76. The van der Waals surface area contributed by atoms with Gasteiger partial charge in [-0.3, -0.25) is 0 Å². The highest BCUT2D eigenvalue weighted by atomic mass is 32.2. The van der Waals surface area contributed by atoms with Gasteiger partial charge >= 0.3 is 0 Å². The van der Waals surface area contributed by atoms with E-state index in [1.54, 1.807) is 4.31 Å². The van der Waals surface area contributed by atoms with Gasteiger partial charge in [0.25, 0.3) is 10.2 Å². The van der Waals surface area contributed by atoms with Gasteiger partial charge in [-0.05, 0) is 31.7 Å². The minimum atomic E-state index is -3.61. The van der Waals surface area contributed by atoms with Crippen LogP contribution in [0.4, 0.5) is 5.69 Å². The van der Waals surface area contributed by atoms with E-state index in [1.807, 2.05) is 18.5 Å². The molecule has 0 bridgehead atoms. The molecule has 2 aliphatic rings. The Kier molecular flexibility index (Phi) is 6.05. The van der Waals surface area contributed by atoms with E-state index in [0.29, 0.717) is 58.4 Å². The Bertz CT molecular complexity index is 784. The van der Waals surface area contributed by atoms with E-state index < -0.39 is 10.2 Å². The molecule has 0 radical (unpaired) electrons. The van der Waals surface area contributed by atoms with Crippen molar-refractivity contribution < 1.29 is 8.42 Å². The Morgan fingerprint density at radius 3 is 2.33 bits per heavy atom. The number of piperazine rings is 1. The average molecular weight is 391 g/mol. The Balaban J connectivity index is 1.73. The lowest BCUT2D eigenvalue weighted by Gasteiger charge is -2.43. The smallest absolute Gasteiger partial charge is 0.282 e. The van der Waals surface area contributed by atoms with Gasteiger partial charge in [0, 0.05) is 58.0 Å². The molecule has 3 rings (SSSR count). The maximum atomic E-state index is 13.4. The Hall–Kier alpha value is -2.07. The van der Waals surface area contributed by atoms with Crippen molar-refractivity contribution in [2.45, 2.75) is 44.1 Å². The van der Waals surface area contributed by atoms with Gasteiger partial charge in [0.2, 0.25) is 0 Å². The van der Waals surface area contributed by atoms with Crippen LogP contribution in [-0.4, -0.2) is 60.3 Å². The second-order valence-corrected chi connectivity index (χ2v) is 9.07. The van der Waals surface area contributed by atoms with E-state index >= 15 is 0 Å². The summed E-state index contributed by atoms with van der Waals surface area (Å²) in [5, 5.41) is 17.6. The molecule has 146 valence electrons. The minimum Gasteiger partial charge on any atom is -0.367 e. The van der Waals surface area contributed by atoms with Crippen molar-refractivity contribution in [2.24, 2.45) is 0 Å². The summed E-state index contributed by atoms with van der Waals surface area (Å²) in [4.78, 5) is 5.30. The molecular formula is C18H26N6O2S. The third-order valence-corrected chi connectivity index (χ3v) is 7.50. The number of H-pyrrole nitrogens is 1. The second-order valence-electron chi connectivity index (χ2n) is 7.22. The number of anilines is 1. The topological polar surface area (TPSA) is 107 Å². The number of hydrogen-bond acceptors (Lipinski definition) is 5. The average Bonchev–Trinajstić information content (AvgIpc) is 3.19. The molecule has 1 saturated carbocycles. The van der Waals surface area contributed by atoms with E-state index in [2.05, 4.69) is 22.0 Å². The van der Waals surface area contributed by atoms with E-state index in [-0.39, 0.29) is 5.54 Å². The van der Waals surface area contributed by atoms with Crippen molar-refractivity contribution in [1.29, 1.82) is 10.5 Å². The molecule has 9 heteroatoms. The second kappa shape index (κ2) is 8.30. The Morgan fingerprint density at radius 1 is 1.15 bits per heavy atom. The number of rotatable bonds is 9. The Labute approximate surface area is 161 Å². The number of aromatic amines is 1. The first-order valence-electron chi connectivity index (χ1n) is 9.43. The van der Waals surface area contributed by atoms with Gasteiger partial charge in [-0.25, -0.2) is 0 Å². The van der Waals surface area contributed by atoms with Crippen molar-refractivity contribution in [1.82, 2.24) is 13.6 Å². The lowest BCUT2D eigenvalue weighted by atomic mass is 10.2. The standard InChI is InChI=1S/C18H26N6O2S/c19-8-1-3-11-23(12-4-2-9-20)27(25,26)24-14-13-22(16-18(24)6-7-18)17-5-10-21-15-17/h5,10,15,21H,1-4,6-7,11-14,16H2. The van der Waals surface area contributed by atoms with Crippen LogP contribution in [0.1, 0.15) is 38.5 Å². The monoisotopic (exact) mass is 390 g/mol. The molecule has 1 aromatic heterocycles. The molecule has 1 aliphatic carbocycles. The third kappa shape index (κ3) is 4.27. The predicted molar refractivity (Wildman–Crippen MR) is 102 cm³/mol. The van der Waals surface area contributed by atoms with Crippen LogP contribution in [0.2, 0.25) is 0 Å². The molecule has 2 heterocycles. The number of aromatic nitrogens is 1. The van der Waals surface area contributed by atoms with Crippen LogP contribution in [0.15, 0.2) is 18.5 Å². The Morgan fingerprint density at radius 2 is 1.81 bits per heavy atom. The summed E-state index contributed by atoms with van der Waals surface area (Å²) in [7, 11) is -3.61. The summed E-state index contributed by atoms with van der Waals surface area (Å²) >= 11 is 0. The highest BCUT2D eigenvalue weighted by Gasteiger charge is 2.56. The normalized spacial score (nSPS) is 19.1. The molecule has 27 heavy (non-hydrogen) atoms. The third-order valence-electron chi connectivity index (χ3n) is 5.36. The van der Waals surface area contributed by atoms with Crippen LogP contribution in [0.5, 0.6) is 0 Å². The molecule has 8 nitrogen and oxygen atoms in total. The van der Waals surface area contributed by atoms with Gasteiger partial charge in [0.1, 0.15) is 0 Å². The zero-order valence-electron chi connectivity index (χ0n) is 15.5. The van der Waals surface area contributed by atoms with Crippen LogP contribution in [-0.2, 0) is 10.2 Å². The van der Waals surface area contributed by atoms with E-state index in [0.717, 1.165) is 18.5 Å². The zero-order chi connectivity index (χ0) is 19.3. The van der Waals surface area contributed by atoms with Gasteiger partial charge < -0.3 is 9.88 Å². The summed E-state index contributed by atoms with van der Waals surface area (Å²) < 4.78 is 29.9. The molecular weight excluding hydrogens is 364 g/mol. The van der Waals surface area contributed by atoms with E-state index in [9.17, 15) is 8.42 Å². The summed E-state index contributed by atoms with van der Waals surface area (Å²) in [6, 6.07) is 6.16. The van der Waals surface area contributed by atoms with Crippen LogP contribution in [0.25, 0.3) is 0 Å². The molecule has 1 aromatic rings. The summed E-state index contributed by atoms with van der Waals surface area (Å²) in [6.07, 6.45) is 7.25. The van der Waals surface area contributed by atoms with Gasteiger partial charge in [0.15, 0.2) is 0 Å². The van der Waals surface area contributed by atoms with Gasteiger partial charge in [-0.2, -0.15) is 27.6 Å². The fourth-order valence-corrected chi connectivity index (χ4v) is 5.80. The van der Waals surface area contributed by atoms with Crippen molar-refractivity contribution >= 4 is 15.9 Å². The first kappa shape index (κ1) is 19.7. The maximum absolute atomic E-state index is 13.4. The van der Waals surface area contributed by atoms with Crippen molar-refractivity contribution in [3.63, 3.8) is 0 Å². The number of nitrogens with one attached hydrogen (secondary N) is 1. The SMILES string of the molecule is N#CCCCN(CCCC#N)S(=O)(=O)N1CCN(c2cc[nH]c2)CC12CC2. The lowest BCUT2D eigenvalue weighted by Crippen LogP contribution is -2.60. The van der Waals surface area contributed by atoms with Crippen molar-refractivity contribution in [2.75, 3.05) is 37.6 Å². The van der Waals surface area contributed by atoms with Gasteiger partial charge in [0.05, 0.1) is 23.4 Å². The van der Waals surface area contributed by atoms with Gasteiger partial charge in [-0.15, -0.1) is 0 Å². The van der Waals surface area contributed by atoms with E-state index in [4.69, 9.17) is 10.5 Å². The number of unbranched alkanes of at least 4 members (excludes halogenated alkanes) is 2. The molecule has 0 aromatic carbocycles. The molecule has 1 N–H and O–H groups in total. The lowest BCUT2D eigenvalue weighted by molar-refractivity contribution is 0.243. The molecule has 0 amide bonds. The summed E-state index contributed by atoms with van der Waals surface area (Å²) in [5.74, 6) is 0. The molecule has 0 atom stereocenters. The first-order chi connectivity index (χ1) is 13.0. The van der Waals surface area contributed by atoms with Crippen molar-refractivity contribution in [3.8, 4) is 12.1 Å². The molecule has 0 unspecified atom stereocenters. The number of nitrogens with zero attached hydrogens (tertiary/aromatic N) is 5. The maximum Gasteiger partial charge on any atom is 0.282 e. The van der Waals surface area contributed by atoms with E-state index in [1.165, 1.54) is 4.31 Å². The van der Waals surface area contributed by atoms with Crippen LogP contribution in [0, 0.1) is 22.7 Å². The molecule has 1 aliphatic heterocycles. The van der Waals surface area contributed by atoms with Crippen LogP contribution < -0.4 is 4.90 Å². The molecule has 1 saturated heterocycles. The van der Waals surface area contributed by atoms with Crippen LogP contribution >= 0.6 is 0 Å². The van der Waals surface area contributed by atoms with Crippen molar-refractivity contribution in [3.05, 3.63) is 18.5 Å². The number of hydrogen-bond donors (Lipinski definition) is 1. The summed E-state index contributed by atoms with van der Waals surface area (Å²) in [5.41, 5.74) is 0.773. The minimum absolute atomic E-state index is 0.322. The zero-order valence-corrected chi connectivity index (χ0v) is 16.3. The van der Waals surface area contributed by atoms with Crippen LogP contribution in [0.3, 0.4) is 0 Å². The highest BCUT2D eigenvalue weighted by molar-refractivity contribution is 7.86. The summed E-state index contributed by atoms with van der Waals surface area (Å²) in [6.45, 7) is 2.47. The largest absolute Gasteiger partial charge is 0.367 e. The quantitative estimate of drug-likeness (QED) is 0.647. The fraction of sp³-hybridized carbons (Fsp3) is 0.667. The predicted octanol–water partition coefficient (Wildman–Crippen LogP) is 1.82. The van der Waals surface area contributed by atoms with Gasteiger partial charge in [-0.1, -0.05) is 0 Å². The molecule has 1 spiro atoms.